The van der Waals surface area contributed by atoms with E-state index >= 15 is 0 Å². The summed E-state index contributed by atoms with van der Waals surface area (Å²) in [5, 5.41) is 0. The summed E-state index contributed by atoms with van der Waals surface area (Å²) in [5.74, 6) is 0.591. The summed E-state index contributed by atoms with van der Waals surface area (Å²) in [6, 6.07) is 0. The van der Waals surface area contributed by atoms with Crippen LogP contribution in [0.2, 0.25) is 0 Å². The Morgan fingerprint density at radius 1 is 1.54 bits per heavy atom. The zero-order valence-electron chi connectivity index (χ0n) is 7.88. The second-order valence-electron chi connectivity index (χ2n) is 3.43. The van der Waals surface area contributed by atoms with Gasteiger partial charge >= 0.3 is 5.97 Å². The molecule has 0 unspecified atom stereocenters. The van der Waals surface area contributed by atoms with Crippen molar-refractivity contribution in [1.29, 1.82) is 0 Å². The third-order valence-electron chi connectivity index (χ3n) is 2.49. The number of carbonyl (C=O) groups excluding carboxylic acids is 1. The average Bonchev–Trinajstić information content (AvgIpc) is 2.65. The number of ether oxygens (including phenoxy) is 1. The molecule has 1 rings (SSSR count). The second-order valence-corrected chi connectivity index (χ2v) is 4.59. The maximum atomic E-state index is 11.0. The smallest absolute Gasteiger partial charge is 0.343 e. The molecule has 0 aliphatic heterocycles. The van der Waals surface area contributed by atoms with E-state index in [-0.39, 0.29) is 5.97 Å². The van der Waals surface area contributed by atoms with Crippen molar-refractivity contribution in [2.75, 3.05) is 7.11 Å². The van der Waals surface area contributed by atoms with Crippen LogP contribution in [0.3, 0.4) is 0 Å². The molecule has 0 aromatic carbocycles. The molecule has 0 atom stereocenters. The summed E-state index contributed by atoms with van der Waals surface area (Å²) in [7, 11) is 1.42. The Balaban J connectivity index is 2.33. The summed E-state index contributed by atoms with van der Waals surface area (Å²) in [6.45, 7) is 0. The van der Waals surface area contributed by atoms with Gasteiger partial charge in [0.05, 0.1) is 10.7 Å². The van der Waals surface area contributed by atoms with E-state index in [1.165, 1.54) is 32.8 Å². The molecule has 13 heavy (non-hydrogen) atoms. The molecule has 3 heteroatoms. The fourth-order valence-electron chi connectivity index (χ4n) is 1.70. The molecule has 1 saturated carbocycles. The Morgan fingerprint density at radius 2 is 2.15 bits per heavy atom. The van der Waals surface area contributed by atoms with Crippen LogP contribution in [0.5, 0.6) is 0 Å². The molecule has 1 aliphatic rings. The van der Waals surface area contributed by atoms with Gasteiger partial charge in [0.1, 0.15) is 0 Å². The summed E-state index contributed by atoms with van der Waals surface area (Å²) < 4.78 is 5.33. The molecule has 0 bridgehead atoms. The van der Waals surface area contributed by atoms with Crippen molar-refractivity contribution in [3.63, 3.8) is 0 Å². The van der Waals surface area contributed by atoms with Gasteiger partial charge in [0.15, 0.2) is 0 Å². The molecule has 0 amide bonds. The molecule has 2 nitrogen and oxygen atoms in total. The highest BCUT2D eigenvalue weighted by Gasteiger charge is 2.14. The predicted molar refractivity (Wildman–Crippen MR) is 60.7 cm³/mol. The lowest BCUT2D eigenvalue weighted by Gasteiger charge is -2.04. The first-order valence-electron chi connectivity index (χ1n) is 4.68. The number of hydrogen-bond donors (Lipinski definition) is 0. The van der Waals surface area contributed by atoms with Crippen LogP contribution in [0.4, 0.5) is 0 Å². The van der Waals surface area contributed by atoms with E-state index in [9.17, 15) is 4.79 Å². The molecule has 0 radical (unpaired) electrons. The highest BCUT2D eigenvalue weighted by atomic mass is 127. The Kier molecular flexibility index (Phi) is 4.77. The first-order valence-corrected chi connectivity index (χ1v) is 5.76. The van der Waals surface area contributed by atoms with Gasteiger partial charge in [-0.3, -0.25) is 0 Å². The van der Waals surface area contributed by atoms with Gasteiger partial charge in [0.25, 0.3) is 0 Å². The SMILES string of the molecule is COC(=O)C(I)=CCC1CCCC1. The highest BCUT2D eigenvalue weighted by molar-refractivity contribution is 14.1. The quantitative estimate of drug-likeness (QED) is 0.454. The normalized spacial score (nSPS) is 19.1. The fraction of sp³-hybridized carbons (Fsp3) is 0.700. The van der Waals surface area contributed by atoms with Crippen LogP contribution in [-0.4, -0.2) is 13.1 Å². The minimum atomic E-state index is -0.210. The monoisotopic (exact) mass is 294 g/mol. The summed E-state index contributed by atoms with van der Waals surface area (Å²) in [5.41, 5.74) is 0. The number of methoxy groups -OCH3 is 1. The second kappa shape index (κ2) is 5.62. The van der Waals surface area contributed by atoms with Crippen LogP contribution in [0.25, 0.3) is 0 Å². The molecule has 0 heterocycles. The molecule has 0 N–H and O–H groups in total. The molecule has 1 aliphatic carbocycles. The molecular formula is C10H15IO2. The van der Waals surface area contributed by atoms with E-state index in [1.807, 2.05) is 28.7 Å². The van der Waals surface area contributed by atoms with Gasteiger partial charge < -0.3 is 4.74 Å². The van der Waals surface area contributed by atoms with Crippen molar-refractivity contribution >= 4 is 28.6 Å². The molecule has 0 spiro atoms. The van der Waals surface area contributed by atoms with Crippen molar-refractivity contribution in [2.24, 2.45) is 5.92 Å². The lowest BCUT2D eigenvalue weighted by Crippen LogP contribution is -2.00. The minimum absolute atomic E-state index is 0.210. The van der Waals surface area contributed by atoms with Crippen LogP contribution < -0.4 is 0 Å². The van der Waals surface area contributed by atoms with Gasteiger partial charge in [0, 0.05) is 0 Å². The van der Waals surface area contributed by atoms with Gasteiger partial charge in [-0.15, -0.1) is 0 Å². The topological polar surface area (TPSA) is 26.3 Å². The Labute approximate surface area is 92.9 Å². The van der Waals surface area contributed by atoms with Crippen LogP contribution in [-0.2, 0) is 9.53 Å². The zero-order valence-corrected chi connectivity index (χ0v) is 10.0. The number of rotatable bonds is 3. The maximum Gasteiger partial charge on any atom is 0.343 e. The number of halogens is 1. The summed E-state index contributed by atoms with van der Waals surface area (Å²) in [6.07, 6.45) is 8.39. The molecule has 0 aromatic rings. The Bertz CT molecular complexity index is 205. The lowest BCUT2D eigenvalue weighted by atomic mass is 10.0. The van der Waals surface area contributed by atoms with Crippen molar-refractivity contribution in [1.82, 2.24) is 0 Å². The van der Waals surface area contributed by atoms with Crippen LogP contribution in [0.1, 0.15) is 32.1 Å². The largest absolute Gasteiger partial charge is 0.465 e. The van der Waals surface area contributed by atoms with Crippen molar-refractivity contribution in [3.8, 4) is 0 Å². The molecule has 0 saturated heterocycles. The van der Waals surface area contributed by atoms with Crippen LogP contribution >= 0.6 is 22.6 Å². The zero-order chi connectivity index (χ0) is 9.68. The molecule has 0 aromatic heterocycles. The predicted octanol–water partition coefficient (Wildman–Crippen LogP) is 3.06. The first-order chi connectivity index (χ1) is 6.24. The highest BCUT2D eigenvalue weighted by Crippen LogP contribution is 2.28. The fourth-order valence-corrected chi connectivity index (χ4v) is 2.17. The van der Waals surface area contributed by atoms with E-state index in [0.717, 1.165) is 12.3 Å². The first kappa shape index (κ1) is 11.0. The minimum Gasteiger partial charge on any atom is -0.465 e. The van der Waals surface area contributed by atoms with Crippen molar-refractivity contribution in [3.05, 3.63) is 9.66 Å². The van der Waals surface area contributed by atoms with E-state index in [0.29, 0.717) is 3.58 Å². The molecule has 74 valence electrons. The van der Waals surface area contributed by atoms with Gasteiger partial charge in [-0.1, -0.05) is 31.8 Å². The molecular weight excluding hydrogens is 279 g/mol. The standard InChI is InChI=1S/C10H15IO2/c1-13-10(12)9(11)7-6-8-4-2-3-5-8/h7-8H,2-6H2,1H3. The average molecular weight is 294 g/mol. The third-order valence-corrected chi connectivity index (χ3v) is 3.37. The lowest BCUT2D eigenvalue weighted by molar-refractivity contribution is -0.135. The van der Waals surface area contributed by atoms with Gasteiger partial charge in [0.2, 0.25) is 0 Å². The molecule has 1 fully saturated rings. The van der Waals surface area contributed by atoms with Crippen molar-refractivity contribution in [2.45, 2.75) is 32.1 Å². The van der Waals surface area contributed by atoms with E-state index in [4.69, 9.17) is 0 Å². The van der Waals surface area contributed by atoms with E-state index in [2.05, 4.69) is 4.74 Å². The Morgan fingerprint density at radius 3 is 2.69 bits per heavy atom. The number of carbonyl (C=O) groups is 1. The van der Waals surface area contributed by atoms with Gasteiger partial charge in [-0.25, -0.2) is 4.79 Å². The Hall–Kier alpha value is -0.0600. The number of allylic oxidation sites excluding steroid dienone is 1. The third kappa shape index (κ3) is 3.67. The summed E-state index contributed by atoms with van der Waals surface area (Å²) >= 11 is 2.04. The number of esters is 1. The van der Waals surface area contributed by atoms with Gasteiger partial charge in [-0.2, -0.15) is 0 Å². The van der Waals surface area contributed by atoms with E-state index < -0.39 is 0 Å². The van der Waals surface area contributed by atoms with Crippen LogP contribution in [0.15, 0.2) is 9.66 Å². The van der Waals surface area contributed by atoms with E-state index in [1.54, 1.807) is 0 Å². The van der Waals surface area contributed by atoms with Crippen LogP contribution in [0, 0.1) is 5.92 Å². The van der Waals surface area contributed by atoms with Crippen molar-refractivity contribution < 1.29 is 9.53 Å². The summed E-state index contributed by atoms with van der Waals surface area (Å²) in [4.78, 5) is 11.0. The van der Waals surface area contributed by atoms with Gasteiger partial charge in [-0.05, 0) is 34.9 Å². The number of hydrogen-bond acceptors (Lipinski definition) is 2. The maximum absolute atomic E-state index is 11.0.